The first kappa shape index (κ1) is 21.7. The lowest BCUT2D eigenvalue weighted by Gasteiger charge is -2.29. The van der Waals surface area contributed by atoms with E-state index in [4.69, 9.17) is 21.4 Å². The van der Waals surface area contributed by atoms with Crippen LogP contribution in [0.5, 0.6) is 5.88 Å². The van der Waals surface area contributed by atoms with Gasteiger partial charge in [-0.3, -0.25) is 0 Å². The van der Waals surface area contributed by atoms with E-state index in [9.17, 15) is 0 Å². The standard InChI is InChI=1S/C14H22ClN3O2.2ClH/c15-13-3-1-4-14(16-13)20-12-2-5-17-6-8-18(9-7-17)10-11-19;;/h1,3-4,19H,2,5-12H2;2*1H. The second kappa shape index (κ2) is 12.2. The highest BCUT2D eigenvalue weighted by Crippen LogP contribution is 2.11. The predicted molar refractivity (Wildman–Crippen MR) is 77.6 cm³/mol. The van der Waals surface area contributed by atoms with E-state index in [2.05, 4.69) is 4.98 Å². The summed E-state index contributed by atoms with van der Waals surface area (Å²) in [4.78, 5) is 7.25. The number of aromatic nitrogens is 1. The monoisotopic (exact) mass is 371 g/mol. The maximum Gasteiger partial charge on any atom is 0.214 e. The first-order valence-electron chi connectivity index (χ1n) is 7.31. The quantitative estimate of drug-likeness (QED) is 0.329. The third kappa shape index (κ3) is 7.81. The molecule has 2 rings (SSSR count). The summed E-state index contributed by atoms with van der Waals surface area (Å²) >= 11 is 5.80. The average Bonchev–Trinajstić information content (AvgIpc) is 2.46. The molecule has 3 N–H and O–H groups in total. The number of ether oxygens (including phenoxy) is 1. The van der Waals surface area contributed by atoms with Crippen molar-refractivity contribution < 1.29 is 44.5 Å². The fraction of sp³-hybridized carbons (Fsp3) is 0.643. The first-order chi connectivity index (χ1) is 9.78. The van der Waals surface area contributed by atoms with Crippen LogP contribution >= 0.6 is 11.6 Å². The predicted octanol–water partition coefficient (Wildman–Crippen LogP) is -7.71. The third-order valence-corrected chi connectivity index (χ3v) is 3.95. The Kier molecular flexibility index (Phi) is 12.0. The molecule has 5 nitrogen and oxygen atoms in total. The molecule has 22 heavy (non-hydrogen) atoms. The Morgan fingerprint density at radius 2 is 1.73 bits per heavy atom. The number of hydrogen-bond donors (Lipinski definition) is 3. The second-order valence-electron chi connectivity index (χ2n) is 5.22. The zero-order chi connectivity index (χ0) is 14.2. The molecule has 0 saturated carbocycles. The molecule has 0 bridgehead atoms. The van der Waals surface area contributed by atoms with Crippen LogP contribution in [0.3, 0.4) is 0 Å². The van der Waals surface area contributed by atoms with Crippen molar-refractivity contribution in [2.75, 3.05) is 52.5 Å². The molecule has 2 heterocycles. The van der Waals surface area contributed by atoms with Crippen LogP contribution in [0.2, 0.25) is 5.15 Å². The van der Waals surface area contributed by atoms with Gasteiger partial charge in [-0.25, -0.2) is 4.98 Å². The number of quaternary nitrogens is 2. The number of rotatable bonds is 7. The third-order valence-electron chi connectivity index (χ3n) is 3.74. The number of halogens is 3. The molecule has 1 aliphatic rings. The summed E-state index contributed by atoms with van der Waals surface area (Å²) in [7, 11) is 0. The van der Waals surface area contributed by atoms with Crippen molar-refractivity contribution in [1.29, 1.82) is 0 Å². The Morgan fingerprint density at radius 3 is 2.32 bits per heavy atom. The molecule has 1 fully saturated rings. The zero-order valence-electron chi connectivity index (χ0n) is 12.5. The average molecular weight is 373 g/mol. The summed E-state index contributed by atoms with van der Waals surface area (Å²) in [6.45, 7) is 7.69. The summed E-state index contributed by atoms with van der Waals surface area (Å²) in [5.41, 5.74) is 0. The van der Waals surface area contributed by atoms with Gasteiger partial charge in [0.1, 0.15) is 37.9 Å². The number of nitrogens with zero attached hydrogens (tertiary/aromatic N) is 1. The minimum absolute atomic E-state index is 0. The van der Waals surface area contributed by atoms with Crippen molar-refractivity contribution in [3.05, 3.63) is 23.4 Å². The number of aliphatic hydroxyl groups is 1. The van der Waals surface area contributed by atoms with Gasteiger partial charge in [-0.1, -0.05) is 17.7 Å². The van der Waals surface area contributed by atoms with Gasteiger partial charge in [-0.15, -0.1) is 0 Å². The van der Waals surface area contributed by atoms with E-state index in [0.29, 0.717) is 24.2 Å². The van der Waals surface area contributed by atoms with E-state index >= 15 is 0 Å². The van der Waals surface area contributed by atoms with Crippen LogP contribution in [-0.2, 0) is 0 Å². The van der Waals surface area contributed by atoms with E-state index in [1.165, 1.54) is 18.0 Å². The van der Waals surface area contributed by atoms with Crippen molar-refractivity contribution in [3.8, 4) is 5.88 Å². The van der Waals surface area contributed by atoms with E-state index in [0.717, 1.165) is 32.6 Å². The van der Waals surface area contributed by atoms with Crippen LogP contribution in [0.15, 0.2) is 18.2 Å². The molecule has 1 saturated heterocycles. The SMILES string of the molecule is OCC[NH+]1CC[NH+](CCCOc2cccc(Cl)n2)CC1.[Cl-].[Cl-]. The van der Waals surface area contributed by atoms with Gasteiger partial charge in [-0.05, 0) is 6.07 Å². The molecule has 1 aromatic rings. The van der Waals surface area contributed by atoms with E-state index in [1.807, 2.05) is 12.1 Å². The molecule has 128 valence electrons. The smallest absolute Gasteiger partial charge is 0.214 e. The minimum Gasteiger partial charge on any atom is -1.00 e. The van der Waals surface area contributed by atoms with Crippen molar-refractivity contribution >= 4 is 11.6 Å². The van der Waals surface area contributed by atoms with Gasteiger partial charge in [0.25, 0.3) is 0 Å². The summed E-state index contributed by atoms with van der Waals surface area (Å²) in [6.07, 6.45) is 1.03. The molecule has 0 radical (unpaired) electrons. The van der Waals surface area contributed by atoms with Crippen LogP contribution in [0.25, 0.3) is 0 Å². The van der Waals surface area contributed by atoms with Crippen LogP contribution in [0.4, 0.5) is 0 Å². The van der Waals surface area contributed by atoms with E-state index in [-0.39, 0.29) is 24.8 Å². The van der Waals surface area contributed by atoms with Gasteiger partial charge in [0.2, 0.25) is 5.88 Å². The first-order valence-corrected chi connectivity index (χ1v) is 7.69. The maximum absolute atomic E-state index is 8.93. The van der Waals surface area contributed by atoms with Crippen molar-refractivity contribution in [3.63, 3.8) is 0 Å². The molecule has 8 heteroatoms. The molecular formula is C14H24Cl3N3O2. The highest BCUT2D eigenvalue weighted by Gasteiger charge is 2.21. The van der Waals surface area contributed by atoms with Gasteiger partial charge in [0.05, 0.1) is 19.8 Å². The van der Waals surface area contributed by atoms with Crippen molar-refractivity contribution in [1.82, 2.24) is 4.98 Å². The maximum atomic E-state index is 8.93. The second-order valence-corrected chi connectivity index (χ2v) is 5.61. The lowest BCUT2D eigenvalue weighted by Crippen LogP contribution is -3.28. The number of pyridine rings is 1. The molecule has 0 spiro atoms. The summed E-state index contributed by atoms with van der Waals surface area (Å²) in [6, 6.07) is 5.42. The Morgan fingerprint density at radius 1 is 1.09 bits per heavy atom. The number of piperazine rings is 1. The molecule has 0 aromatic carbocycles. The number of aliphatic hydroxyl groups excluding tert-OH is 1. The molecule has 0 aliphatic carbocycles. The highest BCUT2D eigenvalue weighted by atomic mass is 35.5. The molecular weight excluding hydrogens is 349 g/mol. The number of hydrogen-bond acceptors (Lipinski definition) is 3. The summed E-state index contributed by atoms with van der Waals surface area (Å²) in [5.74, 6) is 0.602. The summed E-state index contributed by atoms with van der Waals surface area (Å²) < 4.78 is 5.59. The van der Waals surface area contributed by atoms with Gasteiger partial charge in [0, 0.05) is 12.5 Å². The van der Waals surface area contributed by atoms with Gasteiger partial charge in [-0.2, -0.15) is 0 Å². The van der Waals surface area contributed by atoms with E-state index < -0.39 is 0 Å². The fourth-order valence-electron chi connectivity index (χ4n) is 2.58. The van der Waals surface area contributed by atoms with Gasteiger partial charge >= 0.3 is 0 Å². The lowest BCUT2D eigenvalue weighted by molar-refractivity contribution is -1.01. The van der Waals surface area contributed by atoms with Crippen molar-refractivity contribution in [2.45, 2.75) is 6.42 Å². The van der Waals surface area contributed by atoms with Crippen LogP contribution in [0, 0.1) is 0 Å². The Bertz CT molecular complexity index is 405. The normalized spacial score (nSPS) is 20.6. The molecule has 0 atom stereocenters. The molecule has 1 aromatic heterocycles. The van der Waals surface area contributed by atoms with Crippen molar-refractivity contribution in [2.24, 2.45) is 0 Å². The molecule has 0 amide bonds. The molecule has 1 aliphatic heterocycles. The van der Waals surface area contributed by atoms with Crippen LogP contribution in [-0.4, -0.2) is 62.6 Å². The van der Waals surface area contributed by atoms with Gasteiger partial charge < -0.3 is 44.5 Å². The minimum atomic E-state index is 0. The topological polar surface area (TPSA) is 51.2 Å². The summed E-state index contributed by atoms with van der Waals surface area (Å²) in [5, 5.41) is 9.39. The highest BCUT2D eigenvalue weighted by molar-refractivity contribution is 6.29. The number of nitrogens with one attached hydrogen (secondary N) is 2. The Hall–Kier alpha value is -0.300. The Labute approximate surface area is 149 Å². The van der Waals surface area contributed by atoms with E-state index in [1.54, 1.807) is 11.0 Å². The largest absolute Gasteiger partial charge is 1.00 e. The zero-order valence-corrected chi connectivity index (χ0v) is 14.8. The fourth-order valence-corrected chi connectivity index (χ4v) is 2.74. The van der Waals surface area contributed by atoms with Gasteiger partial charge in [0.15, 0.2) is 0 Å². The lowest BCUT2D eigenvalue weighted by atomic mass is 10.3. The molecule has 0 unspecified atom stereocenters. The Balaban J connectivity index is 0.00000220. The van der Waals surface area contributed by atoms with Crippen LogP contribution in [0.1, 0.15) is 6.42 Å². The van der Waals surface area contributed by atoms with Crippen LogP contribution < -0.4 is 39.4 Å².